The van der Waals surface area contributed by atoms with Gasteiger partial charge in [-0.15, -0.1) is 0 Å². The van der Waals surface area contributed by atoms with Crippen molar-refractivity contribution in [2.75, 3.05) is 50.3 Å². The van der Waals surface area contributed by atoms with Gasteiger partial charge in [0.1, 0.15) is 22.9 Å². The number of hydrogen-bond acceptors (Lipinski definition) is 7. The molecule has 1 aliphatic rings. The van der Waals surface area contributed by atoms with E-state index in [-0.39, 0.29) is 6.04 Å². The van der Waals surface area contributed by atoms with E-state index in [0.717, 1.165) is 90.6 Å². The minimum Gasteiger partial charge on any atom is -0.497 e. The van der Waals surface area contributed by atoms with Crippen molar-refractivity contribution in [3.8, 4) is 5.75 Å². The smallest absolute Gasteiger partial charge is 0.130 e. The van der Waals surface area contributed by atoms with E-state index in [1.807, 2.05) is 67.4 Å². The number of benzene rings is 2. The lowest BCUT2D eigenvalue weighted by Crippen LogP contribution is -2.36. The zero-order chi connectivity index (χ0) is 37.4. The molecule has 0 amide bonds. The van der Waals surface area contributed by atoms with Crippen LogP contribution < -0.4 is 14.5 Å². The maximum absolute atomic E-state index is 8.18. The molecule has 2 aromatic carbocycles. The van der Waals surface area contributed by atoms with Crippen molar-refractivity contribution in [2.24, 2.45) is 10.9 Å². The van der Waals surface area contributed by atoms with E-state index < -0.39 is 0 Å². The summed E-state index contributed by atoms with van der Waals surface area (Å²) in [6.07, 6.45) is 3.00. The maximum Gasteiger partial charge on any atom is 0.130 e. The SMILES string of the molecule is CC.CC(C)C.CCCn1c(C)nc2cnc(N3CCOCC3)cc21.CN=C(c1ccc(Cl)cc1)c1cc(OC)ccc1N(C(C)=N)C(C)C. The van der Waals surface area contributed by atoms with Gasteiger partial charge in [-0.3, -0.25) is 10.4 Å². The molecule has 10 heteroatoms. The highest BCUT2D eigenvalue weighted by Crippen LogP contribution is 2.30. The minimum atomic E-state index is 0.146. The van der Waals surface area contributed by atoms with E-state index >= 15 is 0 Å². The number of rotatable bonds is 8. The van der Waals surface area contributed by atoms with E-state index in [4.69, 9.17) is 26.5 Å². The molecule has 1 saturated heterocycles. The van der Waals surface area contributed by atoms with Crippen LogP contribution in [0, 0.1) is 18.3 Å². The normalized spacial score (nSPS) is 12.8. The van der Waals surface area contributed by atoms with Gasteiger partial charge in [0.2, 0.25) is 0 Å². The third kappa shape index (κ3) is 11.8. The zero-order valence-corrected chi connectivity index (χ0v) is 33.2. The molecule has 274 valence electrons. The second-order valence-electron chi connectivity index (χ2n) is 12.7. The third-order valence-corrected chi connectivity index (χ3v) is 7.78. The van der Waals surface area contributed by atoms with Crippen LogP contribution in [-0.4, -0.2) is 72.6 Å². The molecule has 5 rings (SSSR count). The number of aliphatic imine (C=N–C) groups is 1. The standard InChI is InChI=1S/C20H24ClN3O.C14H20N4O.C4H10.C2H6/c1-13(2)24(14(3)22)19-11-10-17(25-5)12-18(19)20(23-4)15-6-8-16(21)9-7-15;1-3-4-18-11(2)16-12-10-15-14(9-13(12)18)17-5-7-19-8-6-17;1-4(2)3;1-2/h6-13,22H,1-5H3;9-10H,3-8H2,1-2H3;4H,1-3H3;1-2H3. The monoisotopic (exact) mass is 705 g/mol. The first kappa shape index (κ1) is 42.2. The number of aromatic nitrogens is 3. The van der Waals surface area contributed by atoms with Crippen LogP contribution in [0.25, 0.3) is 11.0 Å². The summed E-state index contributed by atoms with van der Waals surface area (Å²) < 4.78 is 13.1. The summed E-state index contributed by atoms with van der Waals surface area (Å²) in [7, 11) is 3.41. The minimum absolute atomic E-state index is 0.146. The van der Waals surface area contributed by atoms with Gasteiger partial charge in [-0.25, -0.2) is 9.97 Å². The number of aryl methyl sites for hydroxylation is 2. The summed E-state index contributed by atoms with van der Waals surface area (Å²) in [5, 5.41) is 8.87. The van der Waals surface area contributed by atoms with Gasteiger partial charge >= 0.3 is 0 Å². The molecule has 9 nitrogen and oxygen atoms in total. The second-order valence-corrected chi connectivity index (χ2v) is 13.1. The number of hydrogen-bond donors (Lipinski definition) is 1. The first-order valence-electron chi connectivity index (χ1n) is 17.8. The van der Waals surface area contributed by atoms with Crippen molar-refractivity contribution in [3.63, 3.8) is 0 Å². The first-order chi connectivity index (χ1) is 23.9. The van der Waals surface area contributed by atoms with Gasteiger partial charge in [-0.1, -0.05) is 65.3 Å². The summed E-state index contributed by atoms with van der Waals surface area (Å²) in [4.78, 5) is 17.9. The Morgan fingerprint density at radius 2 is 1.66 bits per heavy atom. The highest BCUT2D eigenvalue weighted by molar-refractivity contribution is 6.30. The van der Waals surface area contributed by atoms with Gasteiger partial charge < -0.3 is 23.8 Å². The molecule has 0 atom stereocenters. The molecule has 4 aromatic rings. The molecule has 50 heavy (non-hydrogen) atoms. The van der Waals surface area contributed by atoms with Crippen LogP contribution in [0.5, 0.6) is 5.75 Å². The number of halogens is 1. The van der Waals surface area contributed by atoms with Crippen molar-refractivity contribution >= 4 is 45.7 Å². The Balaban J connectivity index is 0.000000307. The van der Waals surface area contributed by atoms with E-state index in [2.05, 4.69) is 79.0 Å². The van der Waals surface area contributed by atoms with Gasteiger partial charge in [-0.2, -0.15) is 0 Å². The average molecular weight is 706 g/mol. The Kier molecular flexibility index (Phi) is 18.0. The van der Waals surface area contributed by atoms with E-state index in [1.165, 1.54) is 5.52 Å². The van der Waals surface area contributed by atoms with Crippen molar-refractivity contribution in [1.29, 1.82) is 5.41 Å². The van der Waals surface area contributed by atoms with E-state index in [9.17, 15) is 0 Å². The maximum atomic E-state index is 8.18. The predicted molar refractivity (Wildman–Crippen MR) is 214 cm³/mol. The Bertz CT molecular complexity index is 1640. The van der Waals surface area contributed by atoms with Crippen LogP contribution in [-0.2, 0) is 11.3 Å². The van der Waals surface area contributed by atoms with Gasteiger partial charge in [0, 0.05) is 54.9 Å². The van der Waals surface area contributed by atoms with Crippen molar-refractivity contribution < 1.29 is 9.47 Å². The van der Waals surface area contributed by atoms with E-state index in [0.29, 0.717) is 10.9 Å². The molecule has 0 bridgehead atoms. The predicted octanol–water partition coefficient (Wildman–Crippen LogP) is 9.70. The molecule has 2 aromatic heterocycles. The number of nitrogens with one attached hydrogen (secondary N) is 1. The largest absolute Gasteiger partial charge is 0.497 e. The van der Waals surface area contributed by atoms with Gasteiger partial charge in [0.05, 0.1) is 49.3 Å². The van der Waals surface area contributed by atoms with Gasteiger partial charge in [0.15, 0.2) is 0 Å². The topological polar surface area (TPSA) is 91.9 Å². The molecule has 3 heterocycles. The fourth-order valence-electron chi connectivity index (χ4n) is 5.51. The third-order valence-electron chi connectivity index (χ3n) is 7.53. The number of methoxy groups -OCH3 is 1. The Hall–Kier alpha value is -3.95. The number of fused-ring (bicyclic) bond motifs is 1. The molecule has 1 fully saturated rings. The summed E-state index contributed by atoms with van der Waals surface area (Å²) in [5.74, 6) is 4.17. The lowest BCUT2D eigenvalue weighted by molar-refractivity contribution is 0.122. The number of pyridine rings is 1. The van der Waals surface area contributed by atoms with E-state index in [1.54, 1.807) is 21.1 Å². The highest BCUT2D eigenvalue weighted by Gasteiger charge is 2.21. The van der Waals surface area contributed by atoms with Crippen LogP contribution in [0.15, 0.2) is 59.7 Å². The average Bonchev–Trinajstić information content (AvgIpc) is 3.41. The molecule has 0 spiro atoms. The summed E-state index contributed by atoms with van der Waals surface area (Å²) >= 11 is 6.02. The summed E-state index contributed by atoms with van der Waals surface area (Å²) in [6.45, 7) is 25.1. The molecular weight excluding hydrogens is 646 g/mol. The zero-order valence-electron chi connectivity index (χ0n) is 32.5. The van der Waals surface area contributed by atoms with Crippen LogP contribution >= 0.6 is 11.6 Å². The van der Waals surface area contributed by atoms with Crippen LogP contribution in [0.4, 0.5) is 11.5 Å². The van der Waals surface area contributed by atoms with Crippen molar-refractivity contribution in [3.05, 3.63) is 76.7 Å². The fourth-order valence-corrected chi connectivity index (χ4v) is 5.64. The Labute approximate surface area is 306 Å². The number of morpholine rings is 1. The number of anilines is 2. The molecule has 1 N–H and O–H groups in total. The van der Waals surface area contributed by atoms with Crippen LogP contribution in [0.2, 0.25) is 5.02 Å². The highest BCUT2D eigenvalue weighted by atomic mass is 35.5. The molecule has 0 unspecified atom stereocenters. The van der Waals surface area contributed by atoms with Gasteiger partial charge in [-0.05, 0) is 70.4 Å². The first-order valence-corrected chi connectivity index (χ1v) is 18.2. The number of imidazole rings is 1. The molecule has 1 aliphatic heterocycles. The molecule has 0 saturated carbocycles. The van der Waals surface area contributed by atoms with Crippen LogP contribution in [0.3, 0.4) is 0 Å². The lowest BCUT2D eigenvalue weighted by Gasteiger charge is -2.30. The second kappa shape index (κ2) is 21.3. The molecule has 0 aliphatic carbocycles. The lowest BCUT2D eigenvalue weighted by atomic mass is 9.98. The molecule has 0 radical (unpaired) electrons. The van der Waals surface area contributed by atoms with Crippen molar-refractivity contribution in [2.45, 2.75) is 88.2 Å². The fraction of sp³-hybridized carbons (Fsp3) is 0.500. The number of ether oxygens (including phenoxy) is 2. The van der Waals surface area contributed by atoms with Crippen molar-refractivity contribution in [1.82, 2.24) is 14.5 Å². The van der Waals surface area contributed by atoms with Crippen LogP contribution in [0.1, 0.15) is 85.7 Å². The number of nitrogens with zero attached hydrogens (tertiary/aromatic N) is 6. The Morgan fingerprint density at radius 3 is 2.18 bits per heavy atom. The summed E-state index contributed by atoms with van der Waals surface area (Å²) in [5.41, 5.74) is 5.83. The van der Waals surface area contributed by atoms with Gasteiger partial charge in [0.25, 0.3) is 0 Å². The summed E-state index contributed by atoms with van der Waals surface area (Å²) in [6, 6.07) is 15.8. The quantitative estimate of drug-likeness (QED) is 0.145. The number of amidine groups is 1. The Morgan fingerprint density at radius 1 is 1.04 bits per heavy atom. The molecular formula is C40H60ClN7O2.